The second-order valence-electron chi connectivity index (χ2n) is 7.48. The molecule has 4 heterocycles. The minimum Gasteiger partial charge on any atom is -0.315 e. The summed E-state index contributed by atoms with van der Waals surface area (Å²) in [6.45, 7) is 0.822. The van der Waals surface area contributed by atoms with Crippen LogP contribution < -0.4 is 4.90 Å². The lowest BCUT2D eigenvalue weighted by atomic mass is 9.97. The summed E-state index contributed by atoms with van der Waals surface area (Å²) in [5.74, 6) is 0. The number of pyridine rings is 1. The number of carbonyl (C=O) groups excluding carboxylic acids is 1. The van der Waals surface area contributed by atoms with Crippen LogP contribution in [-0.2, 0) is 6.42 Å². The number of amides is 2. The van der Waals surface area contributed by atoms with Crippen molar-refractivity contribution < 1.29 is 4.79 Å². The van der Waals surface area contributed by atoms with Crippen LogP contribution in [0.15, 0.2) is 54.7 Å². The number of urea groups is 1. The molecule has 26 heavy (non-hydrogen) atoms. The molecule has 1 saturated heterocycles. The Balaban J connectivity index is 1.44. The molecule has 2 aromatic rings. The van der Waals surface area contributed by atoms with E-state index in [1.807, 2.05) is 29.3 Å². The highest BCUT2D eigenvalue weighted by molar-refractivity contribution is 5.94. The number of para-hydroxylation sites is 1. The monoisotopic (exact) mass is 345 g/mol. The van der Waals surface area contributed by atoms with E-state index in [-0.39, 0.29) is 12.1 Å². The molecular formula is C22H23N3O. The van der Waals surface area contributed by atoms with Crippen LogP contribution >= 0.6 is 0 Å². The van der Waals surface area contributed by atoms with E-state index in [2.05, 4.69) is 40.2 Å². The summed E-state index contributed by atoms with van der Waals surface area (Å²) in [5, 5.41) is 0. The standard InChI is InChI=1S/C22H23N3O/c26-22(24-13-5-7-16-6-1-2-9-21(16)24)25-18-10-11-19(25)15-17(14-18)20-8-3-4-12-23-20/h1-4,6,8-9,12,14,18-19H,5,7,10-11,13,15H2. The SMILES string of the molecule is O=C(N1CCCc2ccccc21)N1C2C=C(c3ccccn3)CC1CC2. The molecule has 1 aromatic heterocycles. The van der Waals surface area contributed by atoms with Crippen molar-refractivity contribution >= 4 is 17.3 Å². The normalized spacial score (nSPS) is 24.2. The lowest BCUT2D eigenvalue weighted by Gasteiger charge is -2.39. The van der Waals surface area contributed by atoms with Gasteiger partial charge in [0.25, 0.3) is 0 Å². The number of aromatic nitrogens is 1. The van der Waals surface area contributed by atoms with E-state index in [4.69, 9.17) is 0 Å². The molecule has 0 radical (unpaired) electrons. The van der Waals surface area contributed by atoms with Crippen LogP contribution in [0.3, 0.4) is 0 Å². The third-order valence-electron chi connectivity index (χ3n) is 5.95. The smallest absolute Gasteiger partial charge is 0.315 e. The van der Waals surface area contributed by atoms with Gasteiger partial charge in [-0.05, 0) is 61.4 Å². The van der Waals surface area contributed by atoms with Crippen LogP contribution in [0.1, 0.15) is 36.9 Å². The average Bonchev–Trinajstić information content (AvgIpc) is 2.97. The number of anilines is 1. The zero-order chi connectivity index (χ0) is 17.5. The minimum absolute atomic E-state index is 0.181. The molecule has 2 bridgehead atoms. The summed E-state index contributed by atoms with van der Waals surface area (Å²) in [6, 6.07) is 15.1. The van der Waals surface area contributed by atoms with Crippen molar-refractivity contribution in [1.82, 2.24) is 9.88 Å². The van der Waals surface area contributed by atoms with Gasteiger partial charge >= 0.3 is 6.03 Å². The first-order chi connectivity index (χ1) is 12.8. The van der Waals surface area contributed by atoms with Gasteiger partial charge in [-0.3, -0.25) is 9.88 Å². The Kier molecular flexibility index (Phi) is 3.77. The lowest BCUT2D eigenvalue weighted by molar-refractivity contribution is 0.186. The maximum atomic E-state index is 13.4. The fourth-order valence-corrected chi connectivity index (χ4v) is 4.74. The second-order valence-corrected chi connectivity index (χ2v) is 7.48. The number of carbonyl (C=O) groups is 1. The minimum atomic E-state index is 0.181. The molecule has 0 spiro atoms. The maximum Gasteiger partial charge on any atom is 0.325 e. The molecule has 1 aromatic carbocycles. The Morgan fingerprint density at radius 3 is 2.81 bits per heavy atom. The molecule has 2 unspecified atom stereocenters. The predicted octanol–water partition coefficient (Wildman–Crippen LogP) is 4.27. The van der Waals surface area contributed by atoms with E-state index < -0.39 is 0 Å². The van der Waals surface area contributed by atoms with Crippen LogP contribution in [0, 0.1) is 0 Å². The molecule has 3 aliphatic heterocycles. The highest BCUT2D eigenvalue weighted by Crippen LogP contribution is 2.40. The number of fused-ring (bicyclic) bond motifs is 3. The van der Waals surface area contributed by atoms with E-state index in [9.17, 15) is 4.79 Å². The second kappa shape index (κ2) is 6.27. The number of hydrogen-bond acceptors (Lipinski definition) is 2. The zero-order valence-corrected chi connectivity index (χ0v) is 14.8. The van der Waals surface area contributed by atoms with Crippen molar-refractivity contribution in [2.45, 2.75) is 44.2 Å². The summed E-state index contributed by atoms with van der Waals surface area (Å²) < 4.78 is 0. The van der Waals surface area contributed by atoms with Crippen LogP contribution in [0.5, 0.6) is 0 Å². The number of hydrogen-bond donors (Lipinski definition) is 0. The van der Waals surface area contributed by atoms with E-state index in [1.165, 1.54) is 11.1 Å². The quantitative estimate of drug-likeness (QED) is 0.774. The molecule has 4 heteroatoms. The van der Waals surface area contributed by atoms with Crippen LogP contribution in [0.2, 0.25) is 0 Å². The first-order valence-corrected chi connectivity index (χ1v) is 9.61. The van der Waals surface area contributed by atoms with Gasteiger partial charge in [-0.1, -0.05) is 30.3 Å². The van der Waals surface area contributed by atoms with Gasteiger partial charge in [-0.2, -0.15) is 0 Å². The van der Waals surface area contributed by atoms with E-state index in [1.54, 1.807) is 0 Å². The van der Waals surface area contributed by atoms with Crippen molar-refractivity contribution in [3.05, 3.63) is 66.0 Å². The highest BCUT2D eigenvalue weighted by Gasteiger charge is 2.42. The van der Waals surface area contributed by atoms with Gasteiger partial charge in [-0.15, -0.1) is 0 Å². The number of rotatable bonds is 1. The van der Waals surface area contributed by atoms with Gasteiger partial charge in [0.1, 0.15) is 0 Å². The predicted molar refractivity (Wildman–Crippen MR) is 103 cm³/mol. The highest BCUT2D eigenvalue weighted by atomic mass is 16.2. The maximum absolute atomic E-state index is 13.4. The van der Waals surface area contributed by atoms with Crippen molar-refractivity contribution in [3.63, 3.8) is 0 Å². The Morgan fingerprint density at radius 1 is 1.08 bits per heavy atom. The Bertz CT molecular complexity index is 861. The topological polar surface area (TPSA) is 36.4 Å². The lowest BCUT2D eigenvalue weighted by Crippen LogP contribution is -2.51. The molecule has 3 aliphatic rings. The van der Waals surface area contributed by atoms with Crippen molar-refractivity contribution in [3.8, 4) is 0 Å². The molecule has 5 rings (SSSR count). The molecule has 2 amide bonds. The molecule has 0 N–H and O–H groups in total. The third kappa shape index (κ3) is 2.52. The van der Waals surface area contributed by atoms with E-state index in [0.29, 0.717) is 6.04 Å². The fraction of sp³-hybridized carbons (Fsp3) is 0.364. The summed E-state index contributed by atoms with van der Waals surface area (Å²) in [6.07, 6.45) is 9.28. The van der Waals surface area contributed by atoms with Gasteiger partial charge in [0.2, 0.25) is 0 Å². The van der Waals surface area contributed by atoms with E-state index in [0.717, 1.165) is 50.0 Å². The first-order valence-electron chi connectivity index (χ1n) is 9.61. The summed E-state index contributed by atoms with van der Waals surface area (Å²) in [4.78, 5) is 22.1. The Labute approximate surface area is 154 Å². The summed E-state index contributed by atoms with van der Waals surface area (Å²) in [5.41, 5.74) is 4.74. The number of benzene rings is 1. The molecule has 2 atom stereocenters. The molecule has 132 valence electrons. The Morgan fingerprint density at radius 2 is 1.96 bits per heavy atom. The van der Waals surface area contributed by atoms with Crippen molar-refractivity contribution in [2.24, 2.45) is 0 Å². The molecular weight excluding hydrogens is 322 g/mol. The zero-order valence-electron chi connectivity index (χ0n) is 14.8. The van der Waals surface area contributed by atoms with Crippen molar-refractivity contribution in [2.75, 3.05) is 11.4 Å². The average molecular weight is 345 g/mol. The molecule has 0 aliphatic carbocycles. The van der Waals surface area contributed by atoms with Gasteiger partial charge < -0.3 is 4.90 Å². The van der Waals surface area contributed by atoms with Gasteiger partial charge in [0.15, 0.2) is 0 Å². The molecule has 4 nitrogen and oxygen atoms in total. The van der Waals surface area contributed by atoms with Crippen LogP contribution in [0.4, 0.5) is 10.5 Å². The summed E-state index contributed by atoms with van der Waals surface area (Å²) >= 11 is 0. The number of nitrogens with zero attached hydrogens (tertiary/aromatic N) is 3. The molecule has 1 fully saturated rings. The largest absolute Gasteiger partial charge is 0.325 e. The van der Waals surface area contributed by atoms with Crippen molar-refractivity contribution in [1.29, 1.82) is 0 Å². The summed E-state index contributed by atoms with van der Waals surface area (Å²) in [7, 11) is 0. The first kappa shape index (κ1) is 15.6. The third-order valence-corrected chi connectivity index (χ3v) is 5.95. The number of aryl methyl sites for hydroxylation is 1. The fourth-order valence-electron chi connectivity index (χ4n) is 4.74. The molecule has 0 saturated carbocycles. The van der Waals surface area contributed by atoms with Gasteiger partial charge in [-0.25, -0.2) is 4.79 Å². The van der Waals surface area contributed by atoms with E-state index >= 15 is 0 Å². The van der Waals surface area contributed by atoms with Gasteiger partial charge in [0, 0.05) is 24.5 Å². The van der Waals surface area contributed by atoms with Crippen LogP contribution in [-0.4, -0.2) is 34.5 Å². The Hall–Kier alpha value is -2.62. The van der Waals surface area contributed by atoms with Crippen LogP contribution in [0.25, 0.3) is 5.57 Å². The van der Waals surface area contributed by atoms with Gasteiger partial charge in [0.05, 0.1) is 11.7 Å².